The third-order valence-electron chi connectivity index (χ3n) is 8.33. The lowest BCUT2D eigenvalue weighted by atomic mass is 9.92. The molecule has 2 aromatic carbocycles. The molecular weight excluding hydrogens is 647 g/mol. The number of piperidine rings is 1. The van der Waals surface area contributed by atoms with Gasteiger partial charge in [0.05, 0.1) is 34.9 Å². The molecule has 5 heterocycles. The molecule has 2 aromatic heterocycles. The first-order valence-corrected chi connectivity index (χ1v) is 17.5. The van der Waals surface area contributed by atoms with E-state index in [0.29, 0.717) is 76.4 Å². The zero-order valence-electron chi connectivity index (χ0n) is 29.8. The summed E-state index contributed by atoms with van der Waals surface area (Å²) in [5, 5.41) is 23.6. The van der Waals surface area contributed by atoms with E-state index in [1.807, 2.05) is 32.9 Å². The van der Waals surface area contributed by atoms with Gasteiger partial charge in [0.2, 0.25) is 0 Å². The van der Waals surface area contributed by atoms with E-state index in [0.717, 1.165) is 37.9 Å². The van der Waals surface area contributed by atoms with E-state index in [9.17, 15) is 9.90 Å². The van der Waals surface area contributed by atoms with Gasteiger partial charge in [0.1, 0.15) is 17.4 Å². The van der Waals surface area contributed by atoms with E-state index in [-0.39, 0.29) is 12.0 Å². The number of carboxylic acid groups (broad SMARTS) is 1. The van der Waals surface area contributed by atoms with Crippen LogP contribution in [0.2, 0.25) is 5.02 Å². The van der Waals surface area contributed by atoms with Crippen LogP contribution in [0.5, 0.6) is 5.75 Å². The Hall–Kier alpha value is -3.73. The third kappa shape index (κ3) is 9.71. The van der Waals surface area contributed by atoms with Crippen molar-refractivity contribution in [1.29, 1.82) is 0 Å². The van der Waals surface area contributed by atoms with Crippen LogP contribution < -0.4 is 9.64 Å². The van der Waals surface area contributed by atoms with E-state index in [1.54, 1.807) is 49.6 Å². The standard InChI is InChI=1S/C32H34ClFN4O4.C4H10O.C2H6/c1-20-22(18-29(39)40)31-37-13-11-32(2,12-14-37)42-16-5-3-4-15-41-27-8-6-7-24(33)30(27)23-17-21(9-10-25(23)34)26-19-28(35-20)38(31)36-26;1-4(2,3)5;1-2/h6-10,17,19H,3-5,11-16,18H2,1-2H3,(H,39,40);5H,1-3H3;1-2H3. The summed E-state index contributed by atoms with van der Waals surface area (Å²) < 4.78 is 29.6. The molecule has 0 unspecified atom stereocenters. The van der Waals surface area contributed by atoms with E-state index in [2.05, 4.69) is 11.8 Å². The van der Waals surface area contributed by atoms with Gasteiger partial charge in [-0.15, -0.1) is 0 Å². The van der Waals surface area contributed by atoms with Gasteiger partial charge < -0.3 is 24.6 Å². The van der Waals surface area contributed by atoms with Crippen molar-refractivity contribution >= 4 is 29.0 Å². The third-order valence-corrected chi connectivity index (χ3v) is 8.65. The van der Waals surface area contributed by atoms with Crippen LogP contribution in [0.25, 0.3) is 28.0 Å². The summed E-state index contributed by atoms with van der Waals surface area (Å²) in [4.78, 5) is 18.8. The van der Waals surface area contributed by atoms with Gasteiger partial charge in [0.25, 0.3) is 0 Å². The van der Waals surface area contributed by atoms with Crippen molar-refractivity contribution in [2.24, 2.45) is 0 Å². The summed E-state index contributed by atoms with van der Waals surface area (Å²) in [6, 6.07) is 12.0. The van der Waals surface area contributed by atoms with Crippen LogP contribution in [-0.2, 0) is 16.0 Å². The summed E-state index contributed by atoms with van der Waals surface area (Å²) in [5.41, 5.74) is 3.20. The molecule has 11 heteroatoms. The van der Waals surface area contributed by atoms with E-state index >= 15 is 4.39 Å². The predicted molar refractivity (Wildman–Crippen MR) is 193 cm³/mol. The molecule has 0 atom stereocenters. The number of ether oxygens (including phenoxy) is 2. The minimum atomic E-state index is -0.930. The molecule has 1 saturated heterocycles. The average molecular weight is 697 g/mol. The average Bonchev–Trinajstić information content (AvgIpc) is 3.45. The number of aliphatic carboxylic acids is 1. The number of hydrogen-bond donors (Lipinski definition) is 2. The largest absolute Gasteiger partial charge is 0.493 e. The van der Waals surface area contributed by atoms with Gasteiger partial charge in [0, 0.05) is 53.7 Å². The molecule has 3 aliphatic heterocycles. The first-order chi connectivity index (χ1) is 23.2. The van der Waals surface area contributed by atoms with Crippen LogP contribution in [-0.4, -0.2) is 68.3 Å². The quantitative estimate of drug-likeness (QED) is 0.215. The number of hydrogen-bond acceptors (Lipinski definition) is 7. The molecular formula is C38H50ClFN4O5. The lowest BCUT2D eigenvalue weighted by Crippen LogP contribution is -2.45. The number of rotatable bonds is 2. The van der Waals surface area contributed by atoms with E-state index in [4.69, 9.17) is 36.3 Å². The lowest BCUT2D eigenvalue weighted by Gasteiger charge is -2.41. The van der Waals surface area contributed by atoms with Crippen molar-refractivity contribution in [2.45, 2.75) is 98.2 Å². The highest BCUT2D eigenvalue weighted by Crippen LogP contribution is 2.40. The van der Waals surface area contributed by atoms with Gasteiger partial charge in [0.15, 0.2) is 5.65 Å². The maximum absolute atomic E-state index is 15.4. The monoisotopic (exact) mass is 696 g/mol. The zero-order chi connectivity index (χ0) is 35.9. The molecule has 0 radical (unpaired) electrons. The SMILES string of the molecule is CC.CC(C)(C)O.Cc1nc2cc3nn2c(c1CC(=O)O)N1CCC(C)(CC1)OCCCCCOc1cccc(Cl)c1-c1cc-3ccc1F. The van der Waals surface area contributed by atoms with Gasteiger partial charge >= 0.3 is 5.97 Å². The number of fused-ring (bicyclic) bond motifs is 8. The zero-order valence-corrected chi connectivity index (χ0v) is 30.5. The molecule has 0 spiro atoms. The van der Waals surface area contributed by atoms with Gasteiger partial charge in [-0.3, -0.25) is 4.79 Å². The summed E-state index contributed by atoms with van der Waals surface area (Å²) >= 11 is 6.62. The van der Waals surface area contributed by atoms with Crippen LogP contribution in [0.4, 0.5) is 10.2 Å². The molecule has 0 amide bonds. The van der Waals surface area contributed by atoms with Crippen molar-refractivity contribution in [3.05, 3.63) is 64.6 Å². The summed E-state index contributed by atoms with van der Waals surface area (Å²) in [7, 11) is 0. The predicted octanol–water partition coefficient (Wildman–Crippen LogP) is 8.53. The Balaban J connectivity index is 0.000000710. The number of carboxylic acids is 1. The van der Waals surface area contributed by atoms with Crippen LogP contribution in [0.3, 0.4) is 0 Å². The van der Waals surface area contributed by atoms with Gasteiger partial charge in [-0.1, -0.05) is 31.5 Å². The van der Waals surface area contributed by atoms with Gasteiger partial charge in [-0.25, -0.2) is 9.37 Å². The van der Waals surface area contributed by atoms with Crippen molar-refractivity contribution in [1.82, 2.24) is 14.6 Å². The van der Waals surface area contributed by atoms with Crippen LogP contribution in [0.15, 0.2) is 42.5 Å². The highest BCUT2D eigenvalue weighted by Gasteiger charge is 2.33. The van der Waals surface area contributed by atoms with Crippen molar-refractivity contribution in [2.75, 3.05) is 31.2 Å². The van der Waals surface area contributed by atoms with E-state index < -0.39 is 17.4 Å². The molecule has 7 rings (SSSR count). The Kier molecular flexibility index (Phi) is 12.7. The molecule has 9 nitrogen and oxygen atoms in total. The summed E-state index contributed by atoms with van der Waals surface area (Å²) in [5.74, 6) is -0.101. The molecule has 6 bridgehead atoms. The van der Waals surface area contributed by atoms with Crippen molar-refractivity contribution in [3.63, 3.8) is 0 Å². The van der Waals surface area contributed by atoms with Crippen molar-refractivity contribution < 1.29 is 28.9 Å². The molecule has 3 aliphatic rings. The minimum Gasteiger partial charge on any atom is -0.493 e. The minimum absolute atomic E-state index is 0.167. The molecule has 0 saturated carbocycles. The number of aromatic nitrogens is 3. The fraction of sp³-hybridized carbons (Fsp3) is 0.500. The fourth-order valence-corrected chi connectivity index (χ4v) is 6.21. The fourth-order valence-electron chi connectivity index (χ4n) is 5.94. The molecule has 2 N–H and O–H groups in total. The first kappa shape index (κ1) is 38.1. The Morgan fingerprint density at radius 3 is 2.41 bits per heavy atom. The number of anilines is 1. The number of nitrogens with zero attached hydrogens (tertiary/aromatic N) is 4. The summed E-state index contributed by atoms with van der Waals surface area (Å²) in [6.07, 6.45) is 4.12. The molecule has 1 fully saturated rings. The number of halogens is 2. The molecule has 4 aromatic rings. The normalized spacial score (nSPS) is 16.1. The molecule has 266 valence electrons. The number of carbonyl (C=O) groups is 1. The van der Waals surface area contributed by atoms with Crippen LogP contribution >= 0.6 is 11.6 Å². The Labute approximate surface area is 294 Å². The van der Waals surface area contributed by atoms with Crippen LogP contribution in [0, 0.1) is 12.7 Å². The number of aliphatic hydroxyl groups is 1. The second-order valence-electron chi connectivity index (χ2n) is 13.5. The lowest BCUT2D eigenvalue weighted by molar-refractivity contribution is -0.136. The highest BCUT2D eigenvalue weighted by atomic mass is 35.5. The maximum atomic E-state index is 15.4. The smallest absolute Gasteiger partial charge is 0.308 e. The molecule has 49 heavy (non-hydrogen) atoms. The number of aryl methyl sites for hydroxylation is 1. The Morgan fingerprint density at radius 2 is 1.73 bits per heavy atom. The van der Waals surface area contributed by atoms with Crippen LogP contribution in [0.1, 0.15) is 84.9 Å². The topological polar surface area (TPSA) is 109 Å². The van der Waals surface area contributed by atoms with E-state index in [1.165, 1.54) is 6.07 Å². The highest BCUT2D eigenvalue weighted by molar-refractivity contribution is 6.33. The summed E-state index contributed by atoms with van der Waals surface area (Å²) in [6.45, 7) is 15.8. The Bertz CT molecular complexity index is 1740. The molecule has 0 aliphatic carbocycles. The first-order valence-electron chi connectivity index (χ1n) is 17.2. The second-order valence-corrected chi connectivity index (χ2v) is 13.9. The maximum Gasteiger partial charge on any atom is 0.308 e. The van der Waals surface area contributed by atoms with Gasteiger partial charge in [-0.2, -0.15) is 9.61 Å². The van der Waals surface area contributed by atoms with Crippen molar-refractivity contribution in [3.8, 4) is 28.1 Å². The van der Waals surface area contributed by atoms with Gasteiger partial charge in [-0.05, 0) is 97.1 Å². The number of benzene rings is 2. The Morgan fingerprint density at radius 1 is 1.06 bits per heavy atom. The second kappa shape index (κ2) is 16.3.